The molecular formula is C28H31ClN4O5S2. The van der Waals surface area contributed by atoms with Crippen molar-refractivity contribution in [2.75, 3.05) is 19.6 Å². The second-order valence-corrected chi connectivity index (χ2v) is 13.9. The van der Waals surface area contributed by atoms with Crippen molar-refractivity contribution in [1.82, 2.24) is 19.8 Å². The molecule has 212 valence electrons. The van der Waals surface area contributed by atoms with Gasteiger partial charge in [0.1, 0.15) is 10.9 Å². The molecule has 2 aliphatic rings. The molecule has 3 amide bonds. The molecule has 2 bridgehead atoms. The van der Waals surface area contributed by atoms with Crippen LogP contribution in [-0.2, 0) is 19.6 Å². The van der Waals surface area contributed by atoms with Crippen molar-refractivity contribution in [1.29, 1.82) is 0 Å². The summed E-state index contributed by atoms with van der Waals surface area (Å²) >= 11 is 7.41. The van der Waals surface area contributed by atoms with Gasteiger partial charge < -0.3 is 15.1 Å². The molecule has 0 aliphatic carbocycles. The van der Waals surface area contributed by atoms with Gasteiger partial charge in [-0.2, -0.15) is 0 Å². The topological polar surface area (TPSA) is 116 Å². The third kappa shape index (κ3) is 5.88. The largest absolute Gasteiger partial charge is 0.340 e. The zero-order valence-corrected chi connectivity index (χ0v) is 24.6. The maximum Gasteiger partial charge on any atom is 0.262 e. The summed E-state index contributed by atoms with van der Waals surface area (Å²) < 4.78 is 28.6. The van der Waals surface area contributed by atoms with Crippen LogP contribution in [0.25, 0.3) is 10.1 Å². The molecule has 3 heterocycles. The van der Waals surface area contributed by atoms with Crippen molar-refractivity contribution < 1.29 is 22.8 Å². The number of nitrogens with zero attached hydrogens (tertiary/aromatic N) is 2. The first-order chi connectivity index (χ1) is 19.0. The maximum absolute atomic E-state index is 13.6. The Hall–Kier alpha value is -2.99. The number of carbonyl (C=O) groups excluding carboxylic acids is 3. The lowest BCUT2D eigenvalue weighted by Gasteiger charge is -2.36. The van der Waals surface area contributed by atoms with Gasteiger partial charge in [-0.25, -0.2) is 13.1 Å². The molecule has 5 rings (SSSR count). The molecule has 2 saturated heterocycles. The molecule has 2 aliphatic heterocycles. The number of rotatable bonds is 9. The lowest BCUT2D eigenvalue weighted by Crippen LogP contribution is -2.57. The van der Waals surface area contributed by atoms with Gasteiger partial charge >= 0.3 is 0 Å². The smallest absolute Gasteiger partial charge is 0.262 e. The normalized spacial score (nSPS) is 19.4. The maximum atomic E-state index is 13.6. The number of likely N-dealkylation sites (tertiary alicyclic amines) is 2. The van der Waals surface area contributed by atoms with E-state index in [1.165, 1.54) is 23.5 Å². The number of sulfonamides is 1. The number of hydrogen-bond acceptors (Lipinski definition) is 6. The Balaban J connectivity index is 1.21. The Morgan fingerprint density at radius 2 is 1.70 bits per heavy atom. The number of amides is 3. The molecule has 9 nitrogen and oxygen atoms in total. The predicted molar refractivity (Wildman–Crippen MR) is 155 cm³/mol. The highest BCUT2D eigenvalue weighted by molar-refractivity contribution is 7.89. The molecule has 12 heteroatoms. The lowest BCUT2D eigenvalue weighted by molar-refractivity contribution is -0.140. The number of hydrogen-bond donors (Lipinski definition) is 2. The summed E-state index contributed by atoms with van der Waals surface area (Å²) in [6.45, 7) is 4.28. The zero-order chi connectivity index (χ0) is 28.6. The molecule has 3 atom stereocenters. The number of benzene rings is 2. The molecule has 2 fully saturated rings. The fourth-order valence-electron chi connectivity index (χ4n) is 5.46. The SMILES string of the molecule is CC(C)CC(NC(=O)c1cc2ccccc2s1)C(=O)N1C[C@@H]2C[C@H]1CN2C(=O)CNS(=O)(=O)c1ccccc1Cl. The number of halogens is 1. The van der Waals surface area contributed by atoms with Crippen molar-refractivity contribution in [2.45, 2.75) is 49.7 Å². The van der Waals surface area contributed by atoms with Crippen molar-refractivity contribution >= 4 is 60.8 Å². The van der Waals surface area contributed by atoms with Gasteiger partial charge in [0.25, 0.3) is 5.91 Å². The summed E-state index contributed by atoms with van der Waals surface area (Å²) in [6.07, 6.45) is 1.11. The number of fused-ring (bicyclic) bond motifs is 3. The quantitative estimate of drug-likeness (QED) is 0.389. The van der Waals surface area contributed by atoms with E-state index >= 15 is 0 Å². The summed E-state index contributed by atoms with van der Waals surface area (Å²) in [7, 11) is -3.95. The van der Waals surface area contributed by atoms with Gasteiger partial charge in [-0.15, -0.1) is 11.3 Å². The predicted octanol–water partition coefficient (Wildman–Crippen LogP) is 3.49. The molecule has 3 aromatic rings. The Kier molecular flexibility index (Phi) is 8.19. The minimum absolute atomic E-state index is 0.0761. The van der Waals surface area contributed by atoms with Crippen molar-refractivity contribution in [2.24, 2.45) is 5.92 Å². The average molecular weight is 603 g/mol. The molecular weight excluding hydrogens is 572 g/mol. The Labute approximate surface area is 242 Å². The van der Waals surface area contributed by atoms with E-state index in [4.69, 9.17) is 11.6 Å². The number of thiophene rings is 1. The zero-order valence-electron chi connectivity index (χ0n) is 22.2. The first kappa shape index (κ1) is 28.5. The monoisotopic (exact) mass is 602 g/mol. The average Bonchev–Trinajstić information content (AvgIpc) is 3.65. The van der Waals surface area contributed by atoms with Crippen LogP contribution in [0.4, 0.5) is 0 Å². The fourth-order valence-corrected chi connectivity index (χ4v) is 7.92. The third-order valence-electron chi connectivity index (χ3n) is 7.34. The number of piperazine rings is 1. The van der Waals surface area contributed by atoms with Crippen LogP contribution in [0.1, 0.15) is 36.4 Å². The van der Waals surface area contributed by atoms with Crippen molar-refractivity contribution in [3.8, 4) is 0 Å². The van der Waals surface area contributed by atoms with Gasteiger partial charge in [-0.3, -0.25) is 14.4 Å². The van der Waals surface area contributed by atoms with Crippen LogP contribution in [0, 0.1) is 5.92 Å². The number of nitrogens with one attached hydrogen (secondary N) is 2. The standard InChI is InChI=1S/C28H31ClN4O5S2/c1-17(2)11-22(31-27(35)24-12-18-7-3-5-9-23(18)39-24)28(36)33-16-19-13-20(33)15-32(19)26(34)14-30-40(37,38)25-10-6-4-8-21(25)29/h3-10,12,17,19-20,22,30H,11,13-16H2,1-2H3,(H,31,35)/t19-,20-,22?/m0/s1. The highest BCUT2D eigenvalue weighted by Gasteiger charge is 2.48. The molecule has 1 aromatic heterocycles. The van der Waals surface area contributed by atoms with Crippen molar-refractivity contribution in [3.05, 3.63) is 64.5 Å². The van der Waals surface area contributed by atoms with E-state index in [0.717, 1.165) is 10.1 Å². The molecule has 1 unspecified atom stereocenters. The molecule has 0 radical (unpaired) electrons. The van der Waals surface area contributed by atoms with Gasteiger partial charge in [-0.05, 0) is 48.4 Å². The summed E-state index contributed by atoms with van der Waals surface area (Å²) in [5.41, 5.74) is 0. The second kappa shape index (κ2) is 11.5. The molecule has 0 spiro atoms. The highest BCUT2D eigenvalue weighted by atomic mass is 35.5. The van der Waals surface area contributed by atoms with Crippen LogP contribution in [0.5, 0.6) is 0 Å². The summed E-state index contributed by atoms with van der Waals surface area (Å²) in [6, 6.07) is 14.6. The van der Waals surface area contributed by atoms with Crippen molar-refractivity contribution in [3.63, 3.8) is 0 Å². The summed E-state index contributed by atoms with van der Waals surface area (Å²) in [5.74, 6) is -0.595. The van der Waals surface area contributed by atoms with Crippen LogP contribution in [-0.4, -0.2) is 73.7 Å². The van der Waals surface area contributed by atoms with E-state index in [0.29, 0.717) is 30.8 Å². The van der Waals surface area contributed by atoms with E-state index in [-0.39, 0.29) is 45.6 Å². The summed E-state index contributed by atoms with van der Waals surface area (Å²) in [4.78, 5) is 43.6. The third-order valence-corrected chi connectivity index (χ3v) is 10.4. The summed E-state index contributed by atoms with van der Waals surface area (Å²) in [5, 5.41) is 4.03. The van der Waals surface area contributed by atoms with Gasteiger partial charge in [0.2, 0.25) is 21.8 Å². The minimum Gasteiger partial charge on any atom is -0.340 e. The van der Waals surface area contributed by atoms with E-state index in [9.17, 15) is 22.8 Å². The van der Waals surface area contributed by atoms with E-state index in [1.807, 2.05) is 44.2 Å². The van der Waals surface area contributed by atoms with Crippen LogP contribution < -0.4 is 10.0 Å². The Bertz CT molecular complexity index is 1520. The van der Waals surface area contributed by atoms with E-state index in [1.54, 1.807) is 21.9 Å². The Morgan fingerprint density at radius 1 is 1.02 bits per heavy atom. The molecule has 0 saturated carbocycles. The van der Waals surface area contributed by atoms with E-state index in [2.05, 4.69) is 10.0 Å². The highest BCUT2D eigenvalue weighted by Crippen LogP contribution is 2.32. The van der Waals surface area contributed by atoms with Gasteiger partial charge in [0.15, 0.2) is 0 Å². The van der Waals surface area contributed by atoms with Crippen LogP contribution in [0.2, 0.25) is 5.02 Å². The molecule has 2 aromatic carbocycles. The molecule has 2 N–H and O–H groups in total. The lowest BCUT2D eigenvalue weighted by atomic mass is 10.0. The first-order valence-electron chi connectivity index (χ1n) is 13.2. The van der Waals surface area contributed by atoms with Crippen LogP contribution in [0.3, 0.4) is 0 Å². The fraction of sp³-hybridized carbons (Fsp3) is 0.393. The van der Waals surface area contributed by atoms with E-state index < -0.39 is 22.6 Å². The first-order valence-corrected chi connectivity index (χ1v) is 15.8. The minimum atomic E-state index is -3.95. The van der Waals surface area contributed by atoms with Gasteiger partial charge in [-0.1, -0.05) is 55.8 Å². The molecule has 40 heavy (non-hydrogen) atoms. The van der Waals surface area contributed by atoms with Gasteiger partial charge in [0, 0.05) is 17.8 Å². The Morgan fingerprint density at radius 3 is 2.38 bits per heavy atom. The van der Waals surface area contributed by atoms with Crippen LogP contribution >= 0.6 is 22.9 Å². The number of carbonyl (C=O) groups is 3. The van der Waals surface area contributed by atoms with Crippen LogP contribution in [0.15, 0.2) is 59.5 Å². The second-order valence-electron chi connectivity index (χ2n) is 10.6. The van der Waals surface area contributed by atoms with Gasteiger partial charge in [0.05, 0.1) is 28.5 Å².